The third-order valence-electron chi connectivity index (χ3n) is 4.04. The van der Waals surface area contributed by atoms with Crippen LogP contribution < -0.4 is 0 Å². The Hall–Kier alpha value is -2.01. The number of benzene rings is 2. The van der Waals surface area contributed by atoms with Gasteiger partial charge in [0.05, 0.1) is 0 Å². The van der Waals surface area contributed by atoms with E-state index in [2.05, 4.69) is 48.5 Å². The Kier molecular flexibility index (Phi) is 6.95. The van der Waals surface area contributed by atoms with Gasteiger partial charge in [-0.1, -0.05) is 36.4 Å². The first-order chi connectivity index (χ1) is 12.8. The molecule has 0 saturated heterocycles. The molecule has 4 heteroatoms. The number of aryl methyl sites for hydroxylation is 2. The number of rotatable bonds is 6. The highest BCUT2D eigenvalue weighted by Gasteiger charge is 2.00. The van der Waals surface area contributed by atoms with Crippen LogP contribution in [0, 0.1) is 0 Å². The average molecular weight is 383 g/mol. The summed E-state index contributed by atoms with van der Waals surface area (Å²) in [5, 5.41) is 11.3. The minimum atomic E-state index is 0.286. The normalized spacial score (nSPS) is 10.7. The van der Waals surface area contributed by atoms with Crippen LogP contribution in [-0.4, -0.2) is 18.0 Å². The van der Waals surface area contributed by atoms with Crippen molar-refractivity contribution in [1.29, 1.82) is 0 Å². The lowest BCUT2D eigenvalue weighted by atomic mass is 10.2. The summed E-state index contributed by atoms with van der Waals surface area (Å²) in [6, 6.07) is 21.1. The van der Waals surface area contributed by atoms with Crippen LogP contribution in [-0.2, 0) is 17.6 Å². The molecule has 0 bridgehead atoms. The van der Waals surface area contributed by atoms with Crippen LogP contribution in [0.3, 0.4) is 0 Å². The van der Waals surface area contributed by atoms with E-state index in [1.54, 1.807) is 11.3 Å². The van der Waals surface area contributed by atoms with E-state index < -0.39 is 0 Å². The van der Waals surface area contributed by atoms with Gasteiger partial charge in [-0.2, -0.15) is 0 Å². The van der Waals surface area contributed by atoms with Crippen molar-refractivity contribution in [2.45, 2.75) is 25.7 Å². The van der Waals surface area contributed by atoms with E-state index in [1.165, 1.54) is 29.9 Å². The number of aliphatic hydroxyl groups is 1. The maximum atomic E-state index is 10.2. The zero-order valence-electron chi connectivity index (χ0n) is 14.6. The van der Waals surface area contributed by atoms with E-state index in [0.717, 1.165) is 25.5 Å². The highest BCUT2D eigenvalue weighted by Crippen LogP contribution is 2.26. The first-order valence-electron chi connectivity index (χ1n) is 8.79. The zero-order chi connectivity index (χ0) is 18.2. The van der Waals surface area contributed by atoms with E-state index in [1.807, 2.05) is 23.5 Å². The van der Waals surface area contributed by atoms with Gasteiger partial charge in [-0.05, 0) is 54.3 Å². The highest BCUT2D eigenvalue weighted by atomic mass is 32.1. The molecular weight excluding hydrogens is 360 g/mol. The van der Waals surface area contributed by atoms with Crippen molar-refractivity contribution in [1.82, 2.24) is 0 Å². The van der Waals surface area contributed by atoms with E-state index in [-0.39, 0.29) is 6.61 Å². The molecular formula is C22H22O2S2. The monoisotopic (exact) mass is 382 g/mol. The average Bonchev–Trinajstić information content (AvgIpc) is 3.28. The molecule has 2 heterocycles. The summed E-state index contributed by atoms with van der Waals surface area (Å²) in [5.41, 5.74) is 0. The number of thiophene rings is 2. The van der Waals surface area contributed by atoms with E-state index in [4.69, 9.17) is 5.11 Å². The molecule has 134 valence electrons. The molecule has 26 heavy (non-hydrogen) atoms. The van der Waals surface area contributed by atoms with E-state index in [9.17, 15) is 4.79 Å². The second kappa shape index (κ2) is 9.62. The quantitative estimate of drug-likeness (QED) is 0.424. The zero-order valence-corrected chi connectivity index (χ0v) is 16.2. The molecule has 2 aromatic heterocycles. The van der Waals surface area contributed by atoms with Crippen molar-refractivity contribution >= 4 is 49.1 Å². The van der Waals surface area contributed by atoms with Crippen LogP contribution in [0.25, 0.3) is 20.2 Å². The molecule has 0 saturated carbocycles. The van der Waals surface area contributed by atoms with Gasteiger partial charge in [0.15, 0.2) is 0 Å². The topological polar surface area (TPSA) is 37.3 Å². The SMILES string of the molecule is O=CCCc1cc2ccccc2s1.OCCCc1cc2ccccc2s1. The van der Waals surface area contributed by atoms with E-state index in [0.29, 0.717) is 6.42 Å². The smallest absolute Gasteiger partial charge is 0.120 e. The molecule has 2 nitrogen and oxygen atoms in total. The van der Waals surface area contributed by atoms with Crippen molar-refractivity contribution in [2.24, 2.45) is 0 Å². The summed E-state index contributed by atoms with van der Waals surface area (Å²) < 4.78 is 2.65. The van der Waals surface area contributed by atoms with Crippen LogP contribution >= 0.6 is 22.7 Å². The molecule has 2 aromatic carbocycles. The first-order valence-corrected chi connectivity index (χ1v) is 10.4. The molecule has 4 aromatic rings. The number of carbonyl (C=O) groups excluding carboxylic acids is 1. The van der Waals surface area contributed by atoms with Crippen LogP contribution in [0.1, 0.15) is 22.6 Å². The molecule has 0 spiro atoms. The van der Waals surface area contributed by atoms with E-state index >= 15 is 0 Å². The van der Waals surface area contributed by atoms with Crippen molar-refractivity contribution in [3.8, 4) is 0 Å². The van der Waals surface area contributed by atoms with Gasteiger partial charge in [-0.25, -0.2) is 0 Å². The van der Waals surface area contributed by atoms with Crippen molar-refractivity contribution < 1.29 is 9.90 Å². The molecule has 0 aliphatic heterocycles. The minimum Gasteiger partial charge on any atom is -0.396 e. The standard InChI is InChI=1S/C11H12OS.C11H10OS/c2*12-7-3-5-10-8-9-4-1-2-6-11(9)13-10/h1-2,4,6,8,12H,3,5,7H2;1-2,4,6-8H,3,5H2. The summed E-state index contributed by atoms with van der Waals surface area (Å²) in [6.07, 6.45) is 4.35. The molecule has 0 aliphatic carbocycles. The van der Waals surface area contributed by atoms with Crippen LogP contribution in [0.2, 0.25) is 0 Å². The summed E-state index contributed by atoms with van der Waals surface area (Å²) >= 11 is 3.60. The van der Waals surface area contributed by atoms with Crippen LogP contribution in [0.5, 0.6) is 0 Å². The number of fused-ring (bicyclic) bond motifs is 2. The Bertz CT molecular complexity index is 902. The fourth-order valence-corrected chi connectivity index (χ4v) is 4.96. The van der Waals surface area contributed by atoms with Crippen molar-refractivity contribution in [2.75, 3.05) is 6.61 Å². The lowest BCUT2D eigenvalue weighted by Crippen LogP contribution is -1.84. The van der Waals surface area contributed by atoms with Crippen molar-refractivity contribution in [3.05, 3.63) is 70.4 Å². The number of hydrogen-bond acceptors (Lipinski definition) is 4. The molecule has 0 amide bonds. The Balaban J connectivity index is 0.000000151. The first kappa shape index (κ1) is 18.8. The van der Waals surface area contributed by atoms with Gasteiger partial charge >= 0.3 is 0 Å². The third kappa shape index (κ3) is 5.01. The summed E-state index contributed by atoms with van der Waals surface area (Å²) in [7, 11) is 0. The summed E-state index contributed by atoms with van der Waals surface area (Å²) in [4.78, 5) is 12.9. The predicted molar refractivity (Wildman–Crippen MR) is 113 cm³/mol. The number of aldehydes is 1. The maximum absolute atomic E-state index is 10.2. The number of hydrogen-bond donors (Lipinski definition) is 1. The van der Waals surface area contributed by atoms with Crippen molar-refractivity contribution in [3.63, 3.8) is 0 Å². The fourth-order valence-electron chi connectivity index (χ4n) is 2.77. The van der Waals surface area contributed by atoms with Crippen LogP contribution in [0.4, 0.5) is 0 Å². The third-order valence-corrected chi connectivity index (χ3v) is 6.39. The number of carbonyl (C=O) groups is 1. The minimum absolute atomic E-state index is 0.286. The molecule has 0 aliphatic rings. The molecule has 0 fully saturated rings. The Morgan fingerprint density at radius 3 is 1.85 bits per heavy atom. The Morgan fingerprint density at radius 1 is 0.808 bits per heavy atom. The molecule has 4 rings (SSSR count). The molecule has 0 atom stereocenters. The van der Waals surface area contributed by atoms with Gasteiger partial charge in [0.1, 0.15) is 6.29 Å². The van der Waals surface area contributed by atoms with Gasteiger partial charge in [-0.15, -0.1) is 22.7 Å². The summed E-state index contributed by atoms with van der Waals surface area (Å²) in [5.74, 6) is 0. The molecule has 0 unspecified atom stereocenters. The Morgan fingerprint density at radius 2 is 1.35 bits per heavy atom. The maximum Gasteiger partial charge on any atom is 0.120 e. The Labute approximate surface area is 161 Å². The van der Waals surface area contributed by atoms with Crippen LogP contribution in [0.15, 0.2) is 60.7 Å². The van der Waals surface area contributed by atoms with Gasteiger partial charge in [0, 0.05) is 32.2 Å². The predicted octanol–water partition coefficient (Wildman–Crippen LogP) is 5.86. The fraction of sp³-hybridized carbons (Fsp3) is 0.227. The van der Waals surface area contributed by atoms with Gasteiger partial charge in [0.2, 0.25) is 0 Å². The molecule has 1 N–H and O–H groups in total. The van der Waals surface area contributed by atoms with Gasteiger partial charge in [-0.3, -0.25) is 0 Å². The second-order valence-corrected chi connectivity index (χ2v) is 8.37. The molecule has 0 radical (unpaired) electrons. The highest BCUT2D eigenvalue weighted by molar-refractivity contribution is 7.19. The lowest BCUT2D eigenvalue weighted by Gasteiger charge is -1.90. The largest absolute Gasteiger partial charge is 0.396 e. The van der Waals surface area contributed by atoms with Gasteiger partial charge in [0.25, 0.3) is 0 Å². The number of aliphatic hydroxyl groups excluding tert-OH is 1. The summed E-state index contributed by atoms with van der Waals surface area (Å²) in [6.45, 7) is 0.286. The lowest BCUT2D eigenvalue weighted by molar-refractivity contribution is -0.107. The second-order valence-electron chi connectivity index (χ2n) is 6.03. The van der Waals surface area contributed by atoms with Gasteiger partial charge < -0.3 is 9.90 Å².